The zero-order valence-electron chi connectivity index (χ0n) is 15.9. The smallest absolute Gasteiger partial charge is 0.135 e. The van der Waals surface area contributed by atoms with Gasteiger partial charge in [-0.2, -0.15) is 10.2 Å². The Morgan fingerprint density at radius 2 is 1.85 bits per heavy atom. The van der Waals surface area contributed by atoms with Crippen LogP contribution in [0.25, 0.3) is 11.3 Å². The summed E-state index contributed by atoms with van der Waals surface area (Å²) in [6.45, 7) is 5.73. The van der Waals surface area contributed by atoms with Gasteiger partial charge in [0.25, 0.3) is 0 Å². The molecule has 5 rings (SSSR count). The summed E-state index contributed by atoms with van der Waals surface area (Å²) in [7, 11) is 0. The van der Waals surface area contributed by atoms with Gasteiger partial charge in [-0.05, 0) is 67.3 Å². The quantitative estimate of drug-likeness (QED) is 0.832. The van der Waals surface area contributed by atoms with Crippen LogP contribution in [-0.4, -0.2) is 22.8 Å². The number of fused-ring (bicyclic) bond motifs is 5. The van der Waals surface area contributed by atoms with E-state index in [4.69, 9.17) is 0 Å². The van der Waals surface area contributed by atoms with Crippen molar-refractivity contribution in [3.05, 3.63) is 47.2 Å². The third-order valence-electron chi connectivity index (χ3n) is 7.59. The second-order valence-electron chi connectivity index (χ2n) is 8.92. The first-order chi connectivity index (χ1) is 13.0. The lowest BCUT2D eigenvalue weighted by Gasteiger charge is -2.46. The zero-order chi connectivity index (χ0) is 18.8. The van der Waals surface area contributed by atoms with Gasteiger partial charge in [-0.3, -0.25) is 0 Å². The SMILES string of the molecule is CC1(C)[C@H]2CC[C@]1(C1CCCCN1)c1nnc(-c3c(F)cccc3F)cc12. The van der Waals surface area contributed by atoms with Crippen LogP contribution in [0.1, 0.15) is 63.1 Å². The molecule has 1 saturated heterocycles. The molecule has 3 atom stereocenters. The number of benzene rings is 1. The Bertz CT molecular complexity index is 884. The van der Waals surface area contributed by atoms with Crippen molar-refractivity contribution in [2.75, 3.05) is 6.54 Å². The predicted molar refractivity (Wildman–Crippen MR) is 100 cm³/mol. The highest BCUT2D eigenvalue weighted by atomic mass is 19.1. The number of piperidine rings is 1. The first kappa shape index (κ1) is 17.2. The molecule has 0 radical (unpaired) electrons. The first-order valence-electron chi connectivity index (χ1n) is 10.0. The fourth-order valence-corrected chi connectivity index (χ4v) is 6.28. The molecule has 1 aliphatic heterocycles. The van der Waals surface area contributed by atoms with E-state index in [0.29, 0.717) is 17.7 Å². The van der Waals surface area contributed by atoms with Crippen LogP contribution >= 0.6 is 0 Å². The third kappa shape index (κ3) is 2.15. The van der Waals surface area contributed by atoms with Crippen LogP contribution in [0.15, 0.2) is 24.3 Å². The van der Waals surface area contributed by atoms with E-state index in [0.717, 1.165) is 37.1 Å². The van der Waals surface area contributed by atoms with Crippen molar-refractivity contribution in [3.63, 3.8) is 0 Å². The van der Waals surface area contributed by atoms with E-state index in [1.807, 2.05) is 6.07 Å². The molecule has 2 fully saturated rings. The van der Waals surface area contributed by atoms with Crippen molar-refractivity contribution in [1.82, 2.24) is 15.5 Å². The molecule has 3 nitrogen and oxygen atoms in total. The van der Waals surface area contributed by atoms with E-state index >= 15 is 0 Å². The maximum absolute atomic E-state index is 14.3. The molecule has 2 aliphatic carbocycles. The molecule has 2 aromatic rings. The molecule has 3 aliphatic rings. The summed E-state index contributed by atoms with van der Waals surface area (Å²) >= 11 is 0. The number of hydrogen-bond acceptors (Lipinski definition) is 3. The standard InChI is InChI=1S/C22H25F2N3/c1-21(2)14-9-10-22(21,18-8-3-4-11-25-18)20-13(14)12-17(26-27-20)19-15(23)6-5-7-16(19)24/h5-7,12,14,18,25H,3-4,8-11H2,1-2H3/t14-,18?,22-/m0/s1. The molecule has 2 heterocycles. The minimum atomic E-state index is -0.588. The van der Waals surface area contributed by atoms with Crippen molar-refractivity contribution in [1.29, 1.82) is 0 Å². The number of rotatable bonds is 2. The molecule has 1 aromatic carbocycles. The Kier molecular flexibility index (Phi) is 3.71. The summed E-state index contributed by atoms with van der Waals surface area (Å²) < 4.78 is 28.6. The molecule has 0 spiro atoms. The first-order valence-corrected chi connectivity index (χ1v) is 10.0. The van der Waals surface area contributed by atoms with Gasteiger partial charge in [-0.15, -0.1) is 0 Å². The van der Waals surface area contributed by atoms with Crippen LogP contribution in [0, 0.1) is 17.0 Å². The van der Waals surface area contributed by atoms with Gasteiger partial charge in [0.05, 0.1) is 17.0 Å². The summed E-state index contributed by atoms with van der Waals surface area (Å²) in [5.74, 6) is -0.814. The topological polar surface area (TPSA) is 37.8 Å². The maximum Gasteiger partial charge on any atom is 0.135 e. The molecular weight excluding hydrogens is 344 g/mol. The van der Waals surface area contributed by atoms with E-state index in [1.54, 1.807) is 0 Å². The normalized spacial score (nSPS) is 31.1. The monoisotopic (exact) mass is 369 g/mol. The molecule has 2 bridgehead atoms. The summed E-state index contributed by atoms with van der Waals surface area (Å²) in [5, 5.41) is 12.7. The van der Waals surface area contributed by atoms with Crippen molar-refractivity contribution in [2.45, 2.75) is 63.3 Å². The Balaban J connectivity index is 1.66. The average molecular weight is 369 g/mol. The average Bonchev–Trinajstić information content (AvgIpc) is 3.04. The lowest BCUT2D eigenvalue weighted by atomic mass is 9.62. The minimum Gasteiger partial charge on any atom is -0.313 e. The van der Waals surface area contributed by atoms with Gasteiger partial charge in [0.2, 0.25) is 0 Å². The third-order valence-corrected chi connectivity index (χ3v) is 7.59. The summed E-state index contributed by atoms with van der Waals surface area (Å²) in [6, 6.07) is 6.23. The number of hydrogen-bond donors (Lipinski definition) is 1. The lowest BCUT2D eigenvalue weighted by Crippen LogP contribution is -2.54. The van der Waals surface area contributed by atoms with Gasteiger partial charge >= 0.3 is 0 Å². The van der Waals surface area contributed by atoms with Crippen molar-refractivity contribution >= 4 is 0 Å². The molecule has 1 saturated carbocycles. The van der Waals surface area contributed by atoms with Crippen LogP contribution in [0.5, 0.6) is 0 Å². The molecule has 5 heteroatoms. The summed E-state index contributed by atoms with van der Waals surface area (Å²) in [6.07, 6.45) is 5.82. The van der Waals surface area contributed by atoms with Gasteiger partial charge in [-0.1, -0.05) is 26.3 Å². The molecule has 27 heavy (non-hydrogen) atoms. The second-order valence-corrected chi connectivity index (χ2v) is 8.92. The van der Waals surface area contributed by atoms with E-state index in [2.05, 4.69) is 29.4 Å². The largest absolute Gasteiger partial charge is 0.313 e. The van der Waals surface area contributed by atoms with Gasteiger partial charge in [-0.25, -0.2) is 8.78 Å². The predicted octanol–water partition coefficient (Wildman–Crippen LogP) is 4.72. The zero-order valence-corrected chi connectivity index (χ0v) is 15.9. The van der Waals surface area contributed by atoms with E-state index in [-0.39, 0.29) is 16.4 Å². The molecule has 1 N–H and O–H groups in total. The van der Waals surface area contributed by atoms with Gasteiger partial charge in [0.1, 0.15) is 11.6 Å². The van der Waals surface area contributed by atoms with Crippen molar-refractivity contribution in [2.24, 2.45) is 5.41 Å². The highest BCUT2D eigenvalue weighted by Gasteiger charge is 2.66. The number of aromatic nitrogens is 2. The molecule has 1 aromatic heterocycles. The molecule has 0 amide bonds. The fraction of sp³-hybridized carbons (Fsp3) is 0.545. The summed E-state index contributed by atoms with van der Waals surface area (Å²) in [5.41, 5.74) is 2.46. The van der Waals surface area contributed by atoms with Gasteiger partial charge < -0.3 is 5.32 Å². The van der Waals surface area contributed by atoms with Crippen LogP contribution in [-0.2, 0) is 5.41 Å². The molecule has 142 valence electrons. The minimum absolute atomic E-state index is 0.0350. The highest BCUT2D eigenvalue weighted by molar-refractivity contribution is 5.63. The molecular formula is C22H25F2N3. The van der Waals surface area contributed by atoms with E-state index in [9.17, 15) is 8.78 Å². The van der Waals surface area contributed by atoms with E-state index < -0.39 is 11.6 Å². The Labute approximate surface area is 158 Å². The van der Waals surface area contributed by atoms with E-state index in [1.165, 1.54) is 31.0 Å². The van der Waals surface area contributed by atoms with Crippen molar-refractivity contribution < 1.29 is 8.78 Å². The number of halogens is 2. The Morgan fingerprint density at radius 1 is 1.07 bits per heavy atom. The Hall–Kier alpha value is -1.88. The number of nitrogens with zero attached hydrogens (tertiary/aromatic N) is 2. The van der Waals surface area contributed by atoms with Gasteiger partial charge in [0.15, 0.2) is 0 Å². The summed E-state index contributed by atoms with van der Waals surface area (Å²) in [4.78, 5) is 0. The van der Waals surface area contributed by atoms with Crippen molar-refractivity contribution in [3.8, 4) is 11.3 Å². The van der Waals surface area contributed by atoms with Gasteiger partial charge in [0, 0.05) is 11.5 Å². The Morgan fingerprint density at radius 3 is 2.56 bits per heavy atom. The number of nitrogens with one attached hydrogen (secondary N) is 1. The fourth-order valence-electron chi connectivity index (χ4n) is 6.28. The molecule has 1 unspecified atom stereocenters. The van der Waals surface area contributed by atoms with Crippen LogP contribution in [0.3, 0.4) is 0 Å². The highest BCUT2D eigenvalue weighted by Crippen LogP contribution is 2.69. The van der Waals surface area contributed by atoms with Crippen LogP contribution in [0.2, 0.25) is 0 Å². The lowest BCUT2D eigenvalue weighted by molar-refractivity contribution is 0.129. The second kappa shape index (κ2) is 5.81. The van der Waals surface area contributed by atoms with Crippen LogP contribution in [0.4, 0.5) is 8.78 Å². The maximum atomic E-state index is 14.3. The van der Waals surface area contributed by atoms with Crippen LogP contribution < -0.4 is 5.32 Å².